The molecule has 1 aromatic rings. The van der Waals surface area contributed by atoms with Crippen LogP contribution in [0.15, 0.2) is 18.2 Å². The highest BCUT2D eigenvalue weighted by Crippen LogP contribution is 2.29. The van der Waals surface area contributed by atoms with Crippen LogP contribution in [0.5, 0.6) is 11.5 Å². The van der Waals surface area contributed by atoms with Crippen molar-refractivity contribution >= 4 is 17.5 Å². The summed E-state index contributed by atoms with van der Waals surface area (Å²) in [5.74, 6) is 1.25. The summed E-state index contributed by atoms with van der Waals surface area (Å²) in [6, 6.07) is 5.43. The van der Waals surface area contributed by atoms with Gasteiger partial charge in [-0.1, -0.05) is 0 Å². The number of methoxy groups -OCH3 is 1. The van der Waals surface area contributed by atoms with E-state index in [0.717, 1.165) is 32.6 Å². The number of hydrogen-bond donors (Lipinski definition) is 2. The lowest BCUT2D eigenvalue weighted by molar-refractivity contribution is -0.123. The van der Waals surface area contributed by atoms with E-state index >= 15 is 0 Å². The molecule has 0 bridgehead atoms. The second-order valence-electron chi connectivity index (χ2n) is 7.32. The number of hydrogen-bond acceptors (Lipinski definition) is 7. The maximum Gasteiger partial charge on any atom is 0.238 e. The average molecular weight is 437 g/mol. The van der Waals surface area contributed by atoms with Crippen LogP contribution in [0, 0.1) is 0 Å². The van der Waals surface area contributed by atoms with Gasteiger partial charge in [-0.25, -0.2) is 0 Å². The lowest BCUT2D eigenvalue weighted by Gasteiger charge is -2.33. The Morgan fingerprint density at radius 2 is 1.61 bits per heavy atom. The molecule has 9 heteroatoms. The highest BCUT2D eigenvalue weighted by molar-refractivity contribution is 5.94. The standard InChI is InChI=1S/C22H36N4O5/c1-4-30-18-7-8-20(31-5-2)19(15-18)24-22(28)17-26-12-10-25(11-13-26)16-21(27)23-9-6-14-29-3/h7-8,15H,4-6,9-14,16-17H2,1-3H3,(H,23,27)(H,24,28). The van der Waals surface area contributed by atoms with E-state index in [-0.39, 0.29) is 11.8 Å². The van der Waals surface area contributed by atoms with Crippen LogP contribution in [0.4, 0.5) is 5.69 Å². The molecule has 1 heterocycles. The average Bonchev–Trinajstić information content (AvgIpc) is 2.75. The molecule has 1 aliphatic rings. The van der Waals surface area contributed by atoms with Gasteiger partial charge in [-0.2, -0.15) is 0 Å². The van der Waals surface area contributed by atoms with Crippen LogP contribution in [0.1, 0.15) is 20.3 Å². The Labute approximate surface area is 185 Å². The first-order valence-electron chi connectivity index (χ1n) is 11.0. The van der Waals surface area contributed by atoms with Crippen LogP contribution in [0.3, 0.4) is 0 Å². The highest BCUT2D eigenvalue weighted by atomic mass is 16.5. The van der Waals surface area contributed by atoms with E-state index < -0.39 is 0 Å². The van der Waals surface area contributed by atoms with Crippen molar-refractivity contribution in [1.82, 2.24) is 15.1 Å². The van der Waals surface area contributed by atoms with Crippen molar-refractivity contribution < 1.29 is 23.8 Å². The number of nitrogens with one attached hydrogen (secondary N) is 2. The monoisotopic (exact) mass is 436 g/mol. The van der Waals surface area contributed by atoms with Crippen LogP contribution in [-0.4, -0.2) is 94.4 Å². The number of piperazine rings is 1. The van der Waals surface area contributed by atoms with Crippen LogP contribution < -0.4 is 20.1 Å². The molecule has 2 N–H and O–H groups in total. The molecule has 9 nitrogen and oxygen atoms in total. The zero-order chi connectivity index (χ0) is 22.5. The molecule has 174 valence electrons. The summed E-state index contributed by atoms with van der Waals surface area (Å²) < 4.78 is 16.1. The third kappa shape index (κ3) is 9.12. The molecule has 1 aliphatic heterocycles. The maximum absolute atomic E-state index is 12.6. The van der Waals surface area contributed by atoms with E-state index in [4.69, 9.17) is 14.2 Å². The number of rotatable bonds is 13. The second kappa shape index (κ2) is 13.8. The highest BCUT2D eigenvalue weighted by Gasteiger charge is 2.21. The predicted molar refractivity (Wildman–Crippen MR) is 120 cm³/mol. The molecule has 2 amide bonds. The molecule has 0 aliphatic carbocycles. The van der Waals surface area contributed by atoms with Gasteiger partial charge < -0.3 is 24.8 Å². The Bertz CT molecular complexity index is 692. The number of carbonyl (C=O) groups is 2. The first-order chi connectivity index (χ1) is 15.0. The topological polar surface area (TPSA) is 92.4 Å². The van der Waals surface area contributed by atoms with E-state index in [1.54, 1.807) is 13.2 Å². The SMILES string of the molecule is CCOc1ccc(OCC)c(NC(=O)CN2CCN(CC(=O)NCCCOC)CC2)c1. The molecule has 0 atom stereocenters. The number of nitrogens with zero attached hydrogens (tertiary/aromatic N) is 2. The van der Waals surface area contributed by atoms with Gasteiger partial charge in [-0.3, -0.25) is 19.4 Å². The molecule has 0 aromatic heterocycles. The molecule has 2 rings (SSSR count). The molecule has 1 saturated heterocycles. The van der Waals surface area contributed by atoms with Gasteiger partial charge in [0.25, 0.3) is 0 Å². The fraction of sp³-hybridized carbons (Fsp3) is 0.636. The first kappa shape index (κ1) is 24.9. The molecular weight excluding hydrogens is 400 g/mol. The number of amides is 2. The maximum atomic E-state index is 12.6. The smallest absolute Gasteiger partial charge is 0.238 e. The van der Waals surface area contributed by atoms with Gasteiger partial charge in [0.05, 0.1) is 32.0 Å². The fourth-order valence-corrected chi connectivity index (χ4v) is 3.35. The molecular formula is C22H36N4O5. The third-order valence-corrected chi connectivity index (χ3v) is 4.88. The lowest BCUT2D eigenvalue weighted by Crippen LogP contribution is -2.51. The fourth-order valence-electron chi connectivity index (χ4n) is 3.35. The summed E-state index contributed by atoms with van der Waals surface area (Å²) in [5, 5.41) is 5.85. The van der Waals surface area contributed by atoms with Crippen molar-refractivity contribution in [3.8, 4) is 11.5 Å². The lowest BCUT2D eigenvalue weighted by atomic mass is 10.2. The van der Waals surface area contributed by atoms with Crippen molar-refractivity contribution in [2.24, 2.45) is 0 Å². The molecule has 31 heavy (non-hydrogen) atoms. The summed E-state index contributed by atoms with van der Waals surface area (Å²) in [7, 11) is 1.65. The zero-order valence-electron chi connectivity index (χ0n) is 18.9. The second-order valence-corrected chi connectivity index (χ2v) is 7.32. The van der Waals surface area contributed by atoms with Gasteiger partial charge in [-0.15, -0.1) is 0 Å². The Morgan fingerprint density at radius 1 is 0.968 bits per heavy atom. The van der Waals surface area contributed by atoms with E-state index in [2.05, 4.69) is 20.4 Å². The largest absolute Gasteiger partial charge is 0.494 e. The number of benzene rings is 1. The Kier molecular flexibility index (Phi) is 11.1. The van der Waals surface area contributed by atoms with Gasteiger partial charge in [0.1, 0.15) is 11.5 Å². The van der Waals surface area contributed by atoms with Gasteiger partial charge in [0, 0.05) is 52.5 Å². The van der Waals surface area contributed by atoms with E-state index in [1.165, 1.54) is 0 Å². The summed E-state index contributed by atoms with van der Waals surface area (Å²) in [6.45, 7) is 9.81. The predicted octanol–water partition coefficient (Wildman–Crippen LogP) is 1.19. The normalized spacial score (nSPS) is 14.8. The van der Waals surface area contributed by atoms with Gasteiger partial charge in [-0.05, 0) is 32.4 Å². The molecule has 0 radical (unpaired) electrons. The number of anilines is 1. The van der Waals surface area contributed by atoms with Crippen molar-refractivity contribution in [3.63, 3.8) is 0 Å². The van der Waals surface area contributed by atoms with Crippen LogP contribution in [0.25, 0.3) is 0 Å². The molecule has 1 fully saturated rings. The molecule has 0 saturated carbocycles. The Hall–Kier alpha value is -2.36. The van der Waals surface area contributed by atoms with Gasteiger partial charge in [0.2, 0.25) is 11.8 Å². The quantitative estimate of drug-likeness (QED) is 0.449. The van der Waals surface area contributed by atoms with Gasteiger partial charge >= 0.3 is 0 Å². The van der Waals surface area contributed by atoms with Crippen LogP contribution >= 0.6 is 0 Å². The van der Waals surface area contributed by atoms with Crippen molar-refractivity contribution in [3.05, 3.63) is 18.2 Å². The summed E-state index contributed by atoms with van der Waals surface area (Å²) in [4.78, 5) is 28.8. The number of carbonyl (C=O) groups excluding carboxylic acids is 2. The first-order valence-corrected chi connectivity index (χ1v) is 11.0. The Morgan fingerprint density at radius 3 is 2.23 bits per heavy atom. The third-order valence-electron chi connectivity index (χ3n) is 4.88. The number of ether oxygens (including phenoxy) is 3. The summed E-state index contributed by atoms with van der Waals surface area (Å²) in [6.07, 6.45) is 0.809. The van der Waals surface area contributed by atoms with Crippen molar-refractivity contribution in [2.45, 2.75) is 20.3 Å². The van der Waals surface area contributed by atoms with Crippen LogP contribution in [0.2, 0.25) is 0 Å². The minimum absolute atomic E-state index is 0.0277. The minimum atomic E-state index is -0.0982. The van der Waals surface area contributed by atoms with Gasteiger partial charge in [0.15, 0.2) is 0 Å². The molecule has 0 unspecified atom stereocenters. The van der Waals surface area contributed by atoms with Crippen molar-refractivity contribution in [2.75, 3.05) is 78.1 Å². The Balaban J connectivity index is 1.76. The minimum Gasteiger partial charge on any atom is -0.494 e. The summed E-state index contributed by atoms with van der Waals surface area (Å²) >= 11 is 0. The van der Waals surface area contributed by atoms with E-state index in [1.807, 2.05) is 26.0 Å². The van der Waals surface area contributed by atoms with Crippen molar-refractivity contribution in [1.29, 1.82) is 0 Å². The van der Waals surface area contributed by atoms with E-state index in [0.29, 0.717) is 56.6 Å². The summed E-state index contributed by atoms with van der Waals surface area (Å²) in [5.41, 5.74) is 0.613. The molecule has 1 aromatic carbocycles. The molecule has 0 spiro atoms. The van der Waals surface area contributed by atoms with E-state index in [9.17, 15) is 9.59 Å². The van der Waals surface area contributed by atoms with Crippen LogP contribution in [-0.2, 0) is 14.3 Å². The zero-order valence-corrected chi connectivity index (χ0v) is 18.9.